The topological polar surface area (TPSA) is 53.8 Å². The highest BCUT2D eigenvalue weighted by atomic mass is 32.2. The van der Waals surface area contributed by atoms with Crippen LogP contribution in [0.2, 0.25) is 0 Å². The first-order valence-electron chi connectivity index (χ1n) is 10.3. The molecule has 5 nitrogen and oxygen atoms in total. The summed E-state index contributed by atoms with van der Waals surface area (Å²) in [4.78, 5) is 29.7. The van der Waals surface area contributed by atoms with Crippen molar-refractivity contribution in [1.29, 1.82) is 0 Å². The lowest BCUT2D eigenvalue weighted by molar-refractivity contribution is -0.123. The zero-order valence-electron chi connectivity index (χ0n) is 17.3. The Morgan fingerprint density at radius 3 is 2.44 bits per heavy atom. The molecule has 0 bridgehead atoms. The molecule has 4 rings (SSSR count). The third kappa shape index (κ3) is 5.36. The second-order valence-electron chi connectivity index (χ2n) is 7.25. The van der Waals surface area contributed by atoms with Gasteiger partial charge in [0.05, 0.1) is 17.7 Å². The van der Waals surface area contributed by atoms with Gasteiger partial charge in [-0.1, -0.05) is 72.5 Å². The average molecular weight is 463 g/mol. The fourth-order valence-corrected chi connectivity index (χ4v) is 4.70. The minimum Gasteiger partial charge on any atom is -0.465 e. The van der Waals surface area contributed by atoms with Gasteiger partial charge < -0.3 is 9.32 Å². The first-order valence-corrected chi connectivity index (χ1v) is 11.5. The molecule has 0 radical (unpaired) electrons. The zero-order chi connectivity index (χ0) is 22.3. The first kappa shape index (κ1) is 22.0. The van der Waals surface area contributed by atoms with Crippen molar-refractivity contribution < 1.29 is 14.0 Å². The summed E-state index contributed by atoms with van der Waals surface area (Å²) in [7, 11) is 0. The molecular weight excluding hydrogens is 440 g/mol. The molecule has 1 aliphatic heterocycles. The molecule has 1 fully saturated rings. The fourth-order valence-electron chi connectivity index (χ4n) is 3.42. The van der Waals surface area contributed by atoms with Crippen LogP contribution in [0.1, 0.15) is 24.2 Å². The van der Waals surface area contributed by atoms with Crippen LogP contribution in [0, 0.1) is 0 Å². The molecule has 2 heterocycles. The number of thiocarbonyl (C=S) groups is 1. The van der Waals surface area contributed by atoms with Crippen LogP contribution >= 0.6 is 24.0 Å². The second kappa shape index (κ2) is 10.4. The number of nitrogens with zero attached hydrogens (tertiary/aromatic N) is 2. The molecular formula is C25H22N2O3S2. The summed E-state index contributed by atoms with van der Waals surface area (Å²) in [6, 6.07) is 23.1. The molecule has 3 aromatic rings. The van der Waals surface area contributed by atoms with Gasteiger partial charge in [0.1, 0.15) is 10.1 Å². The highest BCUT2D eigenvalue weighted by Gasteiger charge is 2.32. The smallest absolute Gasteiger partial charge is 0.266 e. The number of furan rings is 1. The zero-order valence-corrected chi connectivity index (χ0v) is 19.0. The van der Waals surface area contributed by atoms with Crippen molar-refractivity contribution in [2.45, 2.75) is 19.4 Å². The molecule has 7 heteroatoms. The Hall–Kier alpha value is -3.16. The Morgan fingerprint density at radius 2 is 1.75 bits per heavy atom. The van der Waals surface area contributed by atoms with Crippen LogP contribution in [0.25, 0.3) is 6.08 Å². The van der Waals surface area contributed by atoms with Gasteiger partial charge in [-0.25, -0.2) is 0 Å². The maximum Gasteiger partial charge on any atom is 0.266 e. The highest BCUT2D eigenvalue weighted by Crippen LogP contribution is 2.32. The van der Waals surface area contributed by atoms with E-state index in [0.717, 1.165) is 11.3 Å². The quantitative estimate of drug-likeness (QED) is 0.327. The summed E-state index contributed by atoms with van der Waals surface area (Å²) >= 11 is 6.64. The maximum atomic E-state index is 13.1. The lowest BCUT2D eigenvalue weighted by Gasteiger charge is -2.24. The van der Waals surface area contributed by atoms with Crippen LogP contribution in [0.4, 0.5) is 5.69 Å². The van der Waals surface area contributed by atoms with Gasteiger partial charge in [-0.3, -0.25) is 14.5 Å². The molecule has 2 amide bonds. The monoisotopic (exact) mass is 462 g/mol. The van der Waals surface area contributed by atoms with E-state index in [9.17, 15) is 9.59 Å². The van der Waals surface area contributed by atoms with Gasteiger partial charge in [-0.15, -0.1) is 0 Å². The van der Waals surface area contributed by atoms with Crippen molar-refractivity contribution >= 4 is 51.9 Å². The number of para-hydroxylation sites is 1. The maximum absolute atomic E-state index is 13.1. The molecule has 0 N–H and O–H groups in total. The van der Waals surface area contributed by atoms with Crippen molar-refractivity contribution in [3.63, 3.8) is 0 Å². The van der Waals surface area contributed by atoms with Gasteiger partial charge in [-0.05, 0) is 36.2 Å². The first-order chi connectivity index (χ1) is 15.6. The van der Waals surface area contributed by atoms with Crippen LogP contribution in [-0.2, 0) is 16.1 Å². The minimum absolute atomic E-state index is 0.0108. The van der Waals surface area contributed by atoms with Gasteiger partial charge in [0.2, 0.25) is 5.91 Å². The van der Waals surface area contributed by atoms with E-state index in [1.165, 1.54) is 11.8 Å². The number of hydrogen-bond acceptors (Lipinski definition) is 5. The molecule has 162 valence electrons. The molecule has 1 saturated heterocycles. The van der Waals surface area contributed by atoms with Crippen molar-refractivity contribution in [3.8, 4) is 0 Å². The fraction of sp³-hybridized carbons (Fsp3) is 0.160. The summed E-state index contributed by atoms with van der Waals surface area (Å²) in [5.74, 6) is 0.477. The summed E-state index contributed by atoms with van der Waals surface area (Å²) in [5, 5.41) is 0. The molecule has 1 aromatic heterocycles. The van der Waals surface area contributed by atoms with Crippen molar-refractivity contribution in [2.24, 2.45) is 0 Å². The molecule has 0 atom stereocenters. The van der Waals surface area contributed by atoms with Crippen LogP contribution in [0.3, 0.4) is 0 Å². The van der Waals surface area contributed by atoms with Gasteiger partial charge in [0.15, 0.2) is 0 Å². The van der Waals surface area contributed by atoms with Gasteiger partial charge in [0, 0.05) is 24.7 Å². The highest BCUT2D eigenvalue weighted by molar-refractivity contribution is 8.26. The van der Waals surface area contributed by atoms with Crippen LogP contribution in [-0.4, -0.2) is 27.6 Å². The van der Waals surface area contributed by atoms with Gasteiger partial charge in [-0.2, -0.15) is 0 Å². The molecule has 1 aliphatic rings. The molecule has 0 spiro atoms. The molecule has 0 unspecified atom stereocenters. The summed E-state index contributed by atoms with van der Waals surface area (Å²) in [6.07, 6.45) is 4.10. The lowest BCUT2D eigenvalue weighted by Crippen LogP contribution is -2.33. The van der Waals surface area contributed by atoms with E-state index in [0.29, 0.717) is 40.9 Å². The van der Waals surface area contributed by atoms with E-state index < -0.39 is 0 Å². The standard InChI is InChI=1S/C25H22N2O3S2/c28-23(27(20-11-5-2-6-12-20)18-19-9-3-1-4-10-19)14-7-15-26-24(29)22(32-25(26)31)17-21-13-8-16-30-21/h1-6,8-13,16-17H,7,14-15,18H2/b22-17+. The Kier molecular flexibility index (Phi) is 7.19. The Balaban J connectivity index is 1.39. The van der Waals surface area contributed by atoms with E-state index in [4.69, 9.17) is 16.6 Å². The number of amides is 2. The third-order valence-electron chi connectivity index (χ3n) is 5.01. The summed E-state index contributed by atoms with van der Waals surface area (Å²) in [5.41, 5.74) is 1.91. The van der Waals surface area contributed by atoms with E-state index in [1.54, 1.807) is 34.3 Å². The Labute approximate surface area is 196 Å². The Morgan fingerprint density at radius 1 is 1.03 bits per heavy atom. The average Bonchev–Trinajstić information content (AvgIpc) is 3.42. The van der Waals surface area contributed by atoms with Crippen LogP contribution in [0.15, 0.2) is 88.4 Å². The van der Waals surface area contributed by atoms with Crippen LogP contribution in [0.5, 0.6) is 0 Å². The van der Waals surface area contributed by atoms with Crippen molar-refractivity contribution in [2.75, 3.05) is 11.4 Å². The number of anilines is 1. The van der Waals surface area contributed by atoms with E-state index in [2.05, 4.69) is 0 Å². The molecule has 0 saturated carbocycles. The number of thioether (sulfide) groups is 1. The second-order valence-corrected chi connectivity index (χ2v) is 8.93. The summed E-state index contributed by atoms with van der Waals surface area (Å²) in [6.45, 7) is 0.899. The number of carbonyl (C=O) groups is 2. The number of hydrogen-bond donors (Lipinski definition) is 0. The Bertz CT molecular complexity index is 1110. The third-order valence-corrected chi connectivity index (χ3v) is 6.39. The minimum atomic E-state index is -0.145. The SMILES string of the molecule is O=C1/C(=C\c2ccco2)SC(=S)N1CCCC(=O)N(Cc1ccccc1)c1ccccc1. The van der Waals surface area contributed by atoms with Gasteiger partial charge in [0.25, 0.3) is 5.91 Å². The molecule has 0 aliphatic carbocycles. The van der Waals surface area contributed by atoms with Gasteiger partial charge >= 0.3 is 0 Å². The predicted molar refractivity (Wildman–Crippen MR) is 132 cm³/mol. The number of benzene rings is 2. The normalized spacial score (nSPS) is 14.9. The predicted octanol–water partition coefficient (Wildman–Crippen LogP) is 5.49. The van der Waals surface area contributed by atoms with Crippen molar-refractivity contribution in [3.05, 3.63) is 95.3 Å². The number of carbonyl (C=O) groups excluding carboxylic acids is 2. The van der Waals surface area contributed by atoms with Crippen LogP contribution < -0.4 is 4.90 Å². The molecule has 32 heavy (non-hydrogen) atoms. The van der Waals surface area contributed by atoms with Crippen molar-refractivity contribution in [1.82, 2.24) is 4.90 Å². The van der Waals surface area contributed by atoms with E-state index >= 15 is 0 Å². The molecule has 2 aromatic carbocycles. The van der Waals surface area contributed by atoms with E-state index in [-0.39, 0.29) is 11.8 Å². The number of rotatable bonds is 8. The summed E-state index contributed by atoms with van der Waals surface area (Å²) < 4.78 is 5.79. The van der Waals surface area contributed by atoms with E-state index in [1.807, 2.05) is 60.7 Å². The largest absolute Gasteiger partial charge is 0.465 e. The lowest BCUT2D eigenvalue weighted by atomic mass is 10.1.